The second-order valence-corrected chi connectivity index (χ2v) is 11.0. The molecule has 0 radical (unpaired) electrons. The summed E-state index contributed by atoms with van der Waals surface area (Å²) in [6.07, 6.45) is 0.917. The largest absolute Gasteiger partial charge is 1.00 e. The van der Waals surface area contributed by atoms with Crippen molar-refractivity contribution in [3.05, 3.63) is 69.4 Å². The number of aliphatic carboxylic acids is 1. The summed E-state index contributed by atoms with van der Waals surface area (Å²) in [4.78, 5) is 87.7. The van der Waals surface area contributed by atoms with E-state index in [2.05, 4.69) is 15.7 Å². The van der Waals surface area contributed by atoms with Crippen LogP contribution in [0.25, 0.3) is 0 Å². The molecule has 2 N–H and O–H groups in total. The number of β-lactam (4-membered cyclic amide) rings is 1. The van der Waals surface area contributed by atoms with Gasteiger partial charge in [-0.15, -0.1) is 16.9 Å². The smallest absolute Gasteiger partial charge is 0.543 e. The molecular weight excluding hydrogens is 641 g/mol. The summed E-state index contributed by atoms with van der Waals surface area (Å²) in [7, 11) is 0. The summed E-state index contributed by atoms with van der Waals surface area (Å²) in [5, 5.41) is 31.8. The molecular formula is C26H24N7NaO11S. The van der Waals surface area contributed by atoms with Crippen molar-refractivity contribution in [1.82, 2.24) is 25.4 Å². The van der Waals surface area contributed by atoms with Gasteiger partial charge < -0.3 is 30.0 Å². The van der Waals surface area contributed by atoms with Crippen LogP contribution in [0.3, 0.4) is 0 Å². The maximum Gasteiger partial charge on any atom is 1.00 e. The molecule has 20 heteroatoms. The molecule has 2 saturated heterocycles. The van der Waals surface area contributed by atoms with Crippen LogP contribution in [-0.2, 0) is 28.7 Å². The molecule has 4 heterocycles. The second kappa shape index (κ2) is 14.3. The van der Waals surface area contributed by atoms with Crippen molar-refractivity contribution >= 4 is 53.5 Å². The van der Waals surface area contributed by atoms with Crippen LogP contribution in [0.1, 0.15) is 18.5 Å². The van der Waals surface area contributed by atoms with E-state index in [0.29, 0.717) is 5.56 Å². The first-order chi connectivity index (χ1) is 21.5. The molecule has 5 rings (SSSR count). The number of hydrogen-bond donors (Lipinski definition) is 2. The minimum atomic E-state index is -1.64. The third-order valence-electron chi connectivity index (χ3n) is 6.96. The number of amides is 6. The Kier molecular flexibility index (Phi) is 10.7. The molecule has 4 aliphatic heterocycles. The van der Waals surface area contributed by atoms with E-state index >= 15 is 0 Å². The van der Waals surface area contributed by atoms with E-state index in [1.54, 1.807) is 30.3 Å². The molecule has 2 fully saturated rings. The zero-order chi connectivity index (χ0) is 32.4. The number of nitrogens with zero attached hydrogens (tertiary/aromatic N) is 5. The Balaban J connectivity index is 0.00000480. The van der Waals surface area contributed by atoms with E-state index in [1.807, 2.05) is 0 Å². The number of imide groups is 1. The van der Waals surface area contributed by atoms with Crippen molar-refractivity contribution in [3.63, 3.8) is 0 Å². The molecule has 236 valence electrons. The van der Waals surface area contributed by atoms with Gasteiger partial charge in [-0.25, -0.2) is 19.5 Å². The molecule has 0 saturated carbocycles. The van der Waals surface area contributed by atoms with E-state index < -0.39 is 70.1 Å². The number of carboxylic acids is 1. The van der Waals surface area contributed by atoms with Crippen molar-refractivity contribution in [3.8, 4) is 0 Å². The van der Waals surface area contributed by atoms with Gasteiger partial charge in [-0.1, -0.05) is 30.3 Å². The van der Waals surface area contributed by atoms with Crippen molar-refractivity contribution in [2.45, 2.75) is 30.6 Å². The fourth-order valence-corrected chi connectivity index (χ4v) is 6.15. The summed E-state index contributed by atoms with van der Waals surface area (Å²) in [6.45, 7) is 0.624. The van der Waals surface area contributed by atoms with E-state index in [-0.39, 0.29) is 66.5 Å². The quantitative estimate of drug-likeness (QED) is 0.0838. The molecule has 0 aromatic heterocycles. The van der Waals surface area contributed by atoms with Crippen LogP contribution in [0.4, 0.5) is 9.59 Å². The number of fused-ring (bicyclic) bond motifs is 1. The number of esters is 1. The topological polar surface area (TPSA) is 233 Å². The Morgan fingerprint density at radius 3 is 2.54 bits per heavy atom. The Labute approximate surface area is 286 Å². The van der Waals surface area contributed by atoms with Crippen LogP contribution in [0.5, 0.6) is 0 Å². The number of rotatable bonds is 9. The zero-order valence-electron chi connectivity index (χ0n) is 24.3. The Bertz CT molecular complexity index is 1570. The molecule has 3 unspecified atom stereocenters. The number of ether oxygens (including phenoxy) is 2. The first-order valence-corrected chi connectivity index (χ1v) is 14.3. The van der Waals surface area contributed by atoms with Gasteiger partial charge >= 0.3 is 53.8 Å². The third-order valence-corrected chi connectivity index (χ3v) is 8.29. The molecule has 1 aromatic carbocycles. The number of benzene rings is 1. The normalized spacial score (nSPS) is 23.2. The van der Waals surface area contributed by atoms with Crippen molar-refractivity contribution < 1.29 is 77.8 Å². The van der Waals surface area contributed by atoms with Gasteiger partial charge in [0.25, 0.3) is 5.91 Å². The summed E-state index contributed by atoms with van der Waals surface area (Å²) in [6, 6.07) is 3.65. The van der Waals surface area contributed by atoms with Crippen LogP contribution >= 0.6 is 11.8 Å². The van der Waals surface area contributed by atoms with Gasteiger partial charge in [0.1, 0.15) is 24.1 Å². The van der Waals surface area contributed by atoms with Crippen LogP contribution in [0.15, 0.2) is 58.9 Å². The average molecular weight is 666 g/mol. The average Bonchev–Trinajstić information content (AvgIpc) is 3.64. The molecule has 0 spiro atoms. The Morgan fingerprint density at radius 2 is 1.91 bits per heavy atom. The van der Waals surface area contributed by atoms with E-state index in [1.165, 1.54) is 6.08 Å². The van der Waals surface area contributed by atoms with Crippen LogP contribution in [0.2, 0.25) is 0 Å². The van der Waals surface area contributed by atoms with Gasteiger partial charge in [0.05, 0.1) is 29.7 Å². The molecule has 1 aromatic rings. The molecule has 4 aliphatic rings. The molecule has 4 atom stereocenters. The number of carbonyl (C=O) groups excluding carboxylic acids is 6. The SMILES string of the molecule is CC(=O)OCC1=C(C(=O)[O-])N2C(=O)C(NC(=O)C(NC(=O)N3CCN(N=C4C=CC([N+](=O)[O-])O4)C3=O)c3ccccc3)[C@@H]2SC1.[Na+]. The fraction of sp³-hybridized carbons (Fsp3) is 0.346. The van der Waals surface area contributed by atoms with Gasteiger partial charge in [0, 0.05) is 30.4 Å². The molecule has 6 amide bonds. The summed E-state index contributed by atoms with van der Waals surface area (Å²) >= 11 is 1.14. The minimum absolute atomic E-state index is 0. The summed E-state index contributed by atoms with van der Waals surface area (Å²) < 4.78 is 9.91. The van der Waals surface area contributed by atoms with Crippen LogP contribution in [-0.4, -0.2) is 105 Å². The predicted octanol–water partition coefficient (Wildman–Crippen LogP) is -4.35. The maximum atomic E-state index is 13.5. The first kappa shape index (κ1) is 34.4. The number of urea groups is 2. The van der Waals surface area contributed by atoms with Gasteiger partial charge in [-0.3, -0.25) is 29.4 Å². The third kappa shape index (κ3) is 7.01. The monoisotopic (exact) mass is 665 g/mol. The van der Waals surface area contributed by atoms with Crippen molar-refractivity contribution in [2.24, 2.45) is 5.10 Å². The number of carbonyl (C=O) groups is 6. The minimum Gasteiger partial charge on any atom is -0.543 e. The predicted molar refractivity (Wildman–Crippen MR) is 149 cm³/mol. The van der Waals surface area contributed by atoms with E-state index in [0.717, 1.165) is 39.6 Å². The summed E-state index contributed by atoms with van der Waals surface area (Å²) in [5.41, 5.74) is 0.0550. The number of hydrogen-bond acceptors (Lipinski definition) is 13. The number of nitrogens with one attached hydrogen (secondary N) is 2. The number of thioether (sulfide) groups is 1. The number of carboxylic acid groups (broad SMARTS) is 1. The van der Waals surface area contributed by atoms with Crippen molar-refractivity contribution in [1.29, 1.82) is 0 Å². The summed E-state index contributed by atoms with van der Waals surface area (Å²) in [5.74, 6) is -3.94. The molecule has 46 heavy (non-hydrogen) atoms. The van der Waals surface area contributed by atoms with E-state index in [9.17, 15) is 44.0 Å². The zero-order valence-corrected chi connectivity index (χ0v) is 27.1. The molecule has 0 aliphatic carbocycles. The van der Waals surface area contributed by atoms with Crippen LogP contribution in [0, 0.1) is 10.1 Å². The van der Waals surface area contributed by atoms with Crippen LogP contribution < -0.4 is 45.3 Å². The fourth-order valence-electron chi connectivity index (χ4n) is 4.82. The molecule has 0 bridgehead atoms. The van der Waals surface area contributed by atoms with Gasteiger partial charge in [0.15, 0.2) is 0 Å². The van der Waals surface area contributed by atoms with E-state index in [4.69, 9.17) is 9.47 Å². The van der Waals surface area contributed by atoms with Gasteiger partial charge in [-0.05, 0) is 5.56 Å². The number of hydrazone groups is 1. The maximum absolute atomic E-state index is 13.5. The number of nitro groups is 1. The van der Waals surface area contributed by atoms with Crippen molar-refractivity contribution in [2.75, 3.05) is 25.4 Å². The second-order valence-electron chi connectivity index (χ2n) is 9.86. The standard InChI is InChI=1S/C26H25N7O11S.Na/c1-13(34)43-11-15-12-45-23-19(22(36)32(23)20(15)24(37)38)27-21(35)18(14-5-3-2-4-6-14)28-25(39)30-9-10-31(26(30)40)29-16-7-8-17(44-16)33(41)42;/h2-8,17-19,23H,9-12H2,1H3,(H,27,35)(H,28,39)(H,37,38);/q;+1/p-1/t17?,18?,19?,23-;/m0./s1. The Hall–Kier alpha value is -4.46. The first-order valence-electron chi connectivity index (χ1n) is 13.3. The van der Waals surface area contributed by atoms with Gasteiger partial charge in [-0.2, -0.15) is 0 Å². The Morgan fingerprint density at radius 1 is 1.20 bits per heavy atom. The van der Waals surface area contributed by atoms with Gasteiger partial charge in [0.2, 0.25) is 11.8 Å². The molecule has 18 nitrogen and oxygen atoms in total.